The highest BCUT2D eigenvalue weighted by molar-refractivity contribution is 6.14. The van der Waals surface area contributed by atoms with Crippen LogP contribution >= 0.6 is 0 Å². The topological polar surface area (TPSA) is 79.5 Å². The van der Waals surface area contributed by atoms with Crippen molar-refractivity contribution >= 4 is 33.7 Å². The smallest absolute Gasteiger partial charge is 0.336 e. The fourth-order valence-electron chi connectivity index (χ4n) is 4.17. The van der Waals surface area contributed by atoms with E-state index >= 15 is 0 Å². The molecule has 0 saturated heterocycles. The summed E-state index contributed by atoms with van der Waals surface area (Å²) in [6.45, 7) is 0. The molecule has 5 heteroatoms. The van der Waals surface area contributed by atoms with Gasteiger partial charge in [0.05, 0.1) is 22.2 Å². The molecule has 31 heavy (non-hydrogen) atoms. The standard InChI is InChI=1S/C26H17NO4/c28-25(29)19-12-5-4-10-17(19)20-15-24-21(14-22(20)26(30)31)18-11-6-7-13-23(18)27(24)16-8-2-1-3-9-16/h1-15H,(H,28,29)(H,30,31). The van der Waals surface area contributed by atoms with Gasteiger partial charge in [-0.1, -0.05) is 54.6 Å². The van der Waals surface area contributed by atoms with E-state index in [1.807, 2.05) is 54.6 Å². The van der Waals surface area contributed by atoms with Crippen LogP contribution in [-0.2, 0) is 0 Å². The van der Waals surface area contributed by atoms with Gasteiger partial charge in [0.15, 0.2) is 0 Å². The van der Waals surface area contributed by atoms with Crippen molar-refractivity contribution in [2.75, 3.05) is 0 Å². The van der Waals surface area contributed by atoms with Gasteiger partial charge in [-0.15, -0.1) is 0 Å². The summed E-state index contributed by atoms with van der Waals surface area (Å²) in [5.41, 5.74) is 3.58. The normalized spacial score (nSPS) is 11.1. The fourth-order valence-corrected chi connectivity index (χ4v) is 4.17. The molecule has 0 atom stereocenters. The zero-order chi connectivity index (χ0) is 21.5. The molecule has 0 unspecified atom stereocenters. The number of aromatic carboxylic acids is 2. The highest BCUT2D eigenvalue weighted by atomic mass is 16.4. The predicted octanol–water partition coefficient (Wildman–Crippen LogP) is 5.85. The summed E-state index contributed by atoms with van der Waals surface area (Å²) >= 11 is 0. The van der Waals surface area contributed by atoms with Crippen molar-refractivity contribution in [3.8, 4) is 16.8 Å². The van der Waals surface area contributed by atoms with E-state index in [4.69, 9.17) is 0 Å². The first-order valence-electron chi connectivity index (χ1n) is 9.75. The Morgan fingerprint density at radius 3 is 1.97 bits per heavy atom. The van der Waals surface area contributed by atoms with Gasteiger partial charge in [-0.25, -0.2) is 9.59 Å². The Morgan fingerprint density at radius 2 is 1.23 bits per heavy atom. The molecule has 0 amide bonds. The quantitative estimate of drug-likeness (QED) is 0.392. The Morgan fingerprint density at radius 1 is 0.581 bits per heavy atom. The lowest BCUT2D eigenvalue weighted by molar-refractivity contribution is 0.0684. The molecule has 0 aliphatic carbocycles. The van der Waals surface area contributed by atoms with E-state index in [-0.39, 0.29) is 11.1 Å². The van der Waals surface area contributed by atoms with Crippen LogP contribution in [0.2, 0.25) is 0 Å². The number of rotatable bonds is 4. The fraction of sp³-hybridized carbons (Fsp3) is 0. The van der Waals surface area contributed by atoms with E-state index in [0.29, 0.717) is 11.1 Å². The van der Waals surface area contributed by atoms with Crippen molar-refractivity contribution in [2.45, 2.75) is 0 Å². The molecule has 0 aliphatic rings. The van der Waals surface area contributed by atoms with E-state index in [0.717, 1.165) is 27.5 Å². The lowest BCUT2D eigenvalue weighted by atomic mass is 9.93. The van der Waals surface area contributed by atoms with Crippen molar-refractivity contribution < 1.29 is 19.8 Å². The molecule has 0 aliphatic heterocycles. The van der Waals surface area contributed by atoms with Crippen LogP contribution in [0.5, 0.6) is 0 Å². The van der Waals surface area contributed by atoms with Gasteiger partial charge in [0.2, 0.25) is 0 Å². The molecule has 4 aromatic carbocycles. The predicted molar refractivity (Wildman–Crippen MR) is 120 cm³/mol. The maximum absolute atomic E-state index is 12.2. The van der Waals surface area contributed by atoms with Crippen molar-refractivity contribution in [1.29, 1.82) is 0 Å². The molecule has 2 N–H and O–H groups in total. The molecule has 5 aromatic rings. The average Bonchev–Trinajstić information content (AvgIpc) is 3.12. The van der Waals surface area contributed by atoms with Crippen LogP contribution in [0.25, 0.3) is 38.6 Å². The number of benzene rings is 4. The molecular formula is C26H17NO4. The summed E-state index contributed by atoms with van der Waals surface area (Å²) in [6, 6.07) is 27.5. The summed E-state index contributed by atoms with van der Waals surface area (Å²) in [7, 11) is 0. The van der Waals surface area contributed by atoms with Gasteiger partial charge >= 0.3 is 11.9 Å². The van der Waals surface area contributed by atoms with Crippen LogP contribution in [0.4, 0.5) is 0 Å². The van der Waals surface area contributed by atoms with Crippen molar-refractivity contribution in [3.05, 3.63) is 102 Å². The van der Waals surface area contributed by atoms with Crippen LogP contribution in [0, 0.1) is 0 Å². The summed E-state index contributed by atoms with van der Waals surface area (Å²) in [6.07, 6.45) is 0. The molecule has 0 radical (unpaired) electrons. The first-order valence-corrected chi connectivity index (χ1v) is 9.75. The molecule has 150 valence electrons. The zero-order valence-electron chi connectivity index (χ0n) is 16.3. The summed E-state index contributed by atoms with van der Waals surface area (Å²) in [4.78, 5) is 24.0. The number of aromatic nitrogens is 1. The van der Waals surface area contributed by atoms with Gasteiger partial charge in [-0.05, 0) is 47.5 Å². The minimum absolute atomic E-state index is 0.0618. The van der Waals surface area contributed by atoms with Crippen molar-refractivity contribution in [1.82, 2.24) is 4.57 Å². The van der Waals surface area contributed by atoms with E-state index in [1.54, 1.807) is 30.3 Å². The number of carbonyl (C=O) groups is 2. The summed E-state index contributed by atoms with van der Waals surface area (Å²) in [5, 5.41) is 21.4. The van der Waals surface area contributed by atoms with E-state index < -0.39 is 11.9 Å². The number of carboxylic acids is 2. The molecule has 5 nitrogen and oxygen atoms in total. The second-order valence-electron chi connectivity index (χ2n) is 7.26. The SMILES string of the molecule is O=C(O)c1ccccc1-c1cc2c(cc1C(=O)O)c1ccccc1n2-c1ccccc1. The lowest BCUT2D eigenvalue weighted by Crippen LogP contribution is -2.04. The second-order valence-corrected chi connectivity index (χ2v) is 7.26. The Bertz CT molecular complexity index is 1480. The molecule has 1 heterocycles. The third-order valence-electron chi connectivity index (χ3n) is 5.50. The average molecular weight is 407 g/mol. The van der Waals surface area contributed by atoms with Gasteiger partial charge in [0.1, 0.15) is 0 Å². The van der Waals surface area contributed by atoms with E-state index in [2.05, 4.69) is 4.57 Å². The molecule has 0 saturated carbocycles. The third kappa shape index (κ3) is 2.95. The van der Waals surface area contributed by atoms with Gasteiger partial charge in [-0.2, -0.15) is 0 Å². The van der Waals surface area contributed by atoms with Crippen molar-refractivity contribution in [3.63, 3.8) is 0 Å². The molecule has 0 spiro atoms. The molecule has 5 rings (SSSR count). The van der Waals surface area contributed by atoms with Gasteiger partial charge in [0.25, 0.3) is 0 Å². The Hall–Kier alpha value is -4.38. The Balaban J connectivity index is 1.95. The second kappa shape index (κ2) is 7.15. The maximum Gasteiger partial charge on any atom is 0.336 e. The van der Waals surface area contributed by atoms with Crippen LogP contribution in [0.15, 0.2) is 91.0 Å². The number of carboxylic acid groups (broad SMARTS) is 2. The highest BCUT2D eigenvalue weighted by Crippen LogP contribution is 2.37. The highest BCUT2D eigenvalue weighted by Gasteiger charge is 2.21. The first-order chi connectivity index (χ1) is 15.1. The number of para-hydroxylation sites is 2. The largest absolute Gasteiger partial charge is 0.478 e. The Kier molecular flexibility index (Phi) is 4.30. The van der Waals surface area contributed by atoms with Crippen LogP contribution < -0.4 is 0 Å². The van der Waals surface area contributed by atoms with Crippen LogP contribution in [0.3, 0.4) is 0 Å². The van der Waals surface area contributed by atoms with E-state index in [9.17, 15) is 19.8 Å². The Labute approximate surface area is 177 Å². The number of hydrogen-bond donors (Lipinski definition) is 2. The van der Waals surface area contributed by atoms with Gasteiger partial charge in [0, 0.05) is 16.5 Å². The first kappa shape index (κ1) is 18.6. The number of fused-ring (bicyclic) bond motifs is 3. The van der Waals surface area contributed by atoms with Gasteiger partial charge in [-0.3, -0.25) is 0 Å². The minimum atomic E-state index is -1.10. The lowest BCUT2D eigenvalue weighted by Gasteiger charge is -2.12. The molecule has 0 fully saturated rings. The maximum atomic E-state index is 12.2. The minimum Gasteiger partial charge on any atom is -0.478 e. The number of nitrogens with zero attached hydrogens (tertiary/aromatic N) is 1. The number of hydrogen-bond acceptors (Lipinski definition) is 2. The van der Waals surface area contributed by atoms with Gasteiger partial charge < -0.3 is 14.8 Å². The monoisotopic (exact) mass is 407 g/mol. The zero-order valence-corrected chi connectivity index (χ0v) is 16.3. The molecule has 1 aromatic heterocycles. The van der Waals surface area contributed by atoms with E-state index in [1.165, 1.54) is 6.07 Å². The van der Waals surface area contributed by atoms with Crippen molar-refractivity contribution in [2.24, 2.45) is 0 Å². The molecular weight excluding hydrogens is 390 g/mol. The third-order valence-corrected chi connectivity index (χ3v) is 5.50. The summed E-state index contributed by atoms with van der Waals surface area (Å²) in [5.74, 6) is -2.20. The van der Waals surface area contributed by atoms with Crippen LogP contribution in [-0.4, -0.2) is 26.7 Å². The van der Waals surface area contributed by atoms with Crippen LogP contribution in [0.1, 0.15) is 20.7 Å². The molecule has 0 bridgehead atoms. The summed E-state index contributed by atoms with van der Waals surface area (Å²) < 4.78 is 2.07.